The average molecular weight is 113 g/mol. The second kappa shape index (κ2) is 1.45. The molecule has 1 saturated carbocycles. The van der Waals surface area contributed by atoms with E-state index >= 15 is 0 Å². The molecule has 2 fully saturated rings. The molecule has 1 heterocycles. The molecule has 8 heavy (non-hydrogen) atoms. The zero-order valence-corrected chi connectivity index (χ0v) is 5.13. The Morgan fingerprint density at radius 3 is 3.12 bits per heavy atom. The van der Waals surface area contributed by atoms with E-state index in [4.69, 9.17) is 4.74 Å². The zero-order chi connectivity index (χ0) is 5.56. The summed E-state index contributed by atoms with van der Waals surface area (Å²) >= 11 is 0. The van der Waals surface area contributed by atoms with Crippen molar-refractivity contribution >= 4 is 0 Å². The molecule has 2 rings (SSSR count). The van der Waals surface area contributed by atoms with Crippen LogP contribution in [-0.4, -0.2) is 37.2 Å². The van der Waals surface area contributed by atoms with Crippen LogP contribution in [0.2, 0.25) is 0 Å². The Kier molecular flexibility index (Phi) is 0.866. The van der Waals surface area contributed by atoms with Gasteiger partial charge in [-0.3, -0.25) is 4.90 Å². The van der Waals surface area contributed by atoms with Crippen molar-refractivity contribution in [2.75, 3.05) is 20.2 Å². The lowest BCUT2D eigenvalue weighted by atomic mass is 10.5. The van der Waals surface area contributed by atoms with Gasteiger partial charge in [-0.1, -0.05) is 0 Å². The van der Waals surface area contributed by atoms with Gasteiger partial charge in [0.2, 0.25) is 0 Å². The Bertz CT molecular complexity index is 105. The summed E-state index contributed by atoms with van der Waals surface area (Å²) in [6.45, 7) is 2.07. The smallest absolute Gasteiger partial charge is 0.0747 e. The summed E-state index contributed by atoms with van der Waals surface area (Å²) in [5, 5.41) is 0. The zero-order valence-electron chi connectivity index (χ0n) is 5.13. The maximum Gasteiger partial charge on any atom is 0.0747 e. The van der Waals surface area contributed by atoms with Crippen LogP contribution in [0.15, 0.2) is 0 Å². The Labute approximate surface area is 49.4 Å². The third kappa shape index (κ3) is 0.565. The number of rotatable bonds is 0. The van der Waals surface area contributed by atoms with Crippen LogP contribution in [0.4, 0.5) is 0 Å². The van der Waals surface area contributed by atoms with Gasteiger partial charge in [0.25, 0.3) is 0 Å². The van der Waals surface area contributed by atoms with E-state index in [1.165, 1.54) is 6.42 Å². The summed E-state index contributed by atoms with van der Waals surface area (Å²) in [4.78, 5) is 2.38. The summed E-state index contributed by atoms with van der Waals surface area (Å²) in [7, 11) is 2.17. The van der Waals surface area contributed by atoms with E-state index in [9.17, 15) is 0 Å². The van der Waals surface area contributed by atoms with Crippen LogP contribution in [0, 0.1) is 0 Å². The molecule has 46 valence electrons. The van der Waals surface area contributed by atoms with Crippen molar-refractivity contribution in [3.8, 4) is 0 Å². The lowest BCUT2D eigenvalue weighted by Gasteiger charge is -2.20. The molecule has 1 saturated heterocycles. The van der Waals surface area contributed by atoms with Gasteiger partial charge in [0.15, 0.2) is 0 Å². The van der Waals surface area contributed by atoms with E-state index in [1.54, 1.807) is 0 Å². The maximum absolute atomic E-state index is 5.38. The van der Waals surface area contributed by atoms with Gasteiger partial charge in [0, 0.05) is 12.6 Å². The van der Waals surface area contributed by atoms with Gasteiger partial charge >= 0.3 is 0 Å². The monoisotopic (exact) mass is 113 g/mol. The van der Waals surface area contributed by atoms with Crippen molar-refractivity contribution < 1.29 is 4.74 Å². The number of morpholine rings is 1. The van der Waals surface area contributed by atoms with Crippen LogP contribution >= 0.6 is 0 Å². The van der Waals surface area contributed by atoms with Gasteiger partial charge in [0.1, 0.15) is 0 Å². The number of likely N-dealkylation sites (N-methyl/N-ethyl adjacent to an activating group) is 1. The van der Waals surface area contributed by atoms with Gasteiger partial charge < -0.3 is 4.74 Å². The fourth-order valence-corrected chi connectivity index (χ4v) is 1.32. The van der Waals surface area contributed by atoms with Crippen molar-refractivity contribution in [2.45, 2.75) is 18.6 Å². The second-order valence-corrected chi connectivity index (χ2v) is 2.69. The quantitative estimate of drug-likeness (QED) is 0.441. The first kappa shape index (κ1) is 4.77. The molecule has 0 unspecified atom stereocenters. The Morgan fingerprint density at radius 2 is 2.50 bits per heavy atom. The first-order valence-electron chi connectivity index (χ1n) is 3.20. The molecule has 0 aromatic carbocycles. The van der Waals surface area contributed by atoms with Crippen molar-refractivity contribution in [1.29, 1.82) is 0 Å². The third-order valence-electron chi connectivity index (χ3n) is 2.04. The van der Waals surface area contributed by atoms with Crippen molar-refractivity contribution in [1.82, 2.24) is 4.90 Å². The highest BCUT2D eigenvalue weighted by molar-refractivity contribution is 4.97. The molecule has 0 bridgehead atoms. The van der Waals surface area contributed by atoms with Gasteiger partial charge in [-0.25, -0.2) is 0 Å². The van der Waals surface area contributed by atoms with Crippen LogP contribution in [0.3, 0.4) is 0 Å². The fourth-order valence-electron chi connectivity index (χ4n) is 1.32. The maximum atomic E-state index is 5.38. The Morgan fingerprint density at radius 1 is 1.62 bits per heavy atom. The Hall–Kier alpha value is -0.0800. The predicted molar refractivity (Wildman–Crippen MR) is 30.8 cm³/mol. The van der Waals surface area contributed by atoms with Crippen molar-refractivity contribution in [3.63, 3.8) is 0 Å². The number of hydrogen-bond acceptors (Lipinski definition) is 2. The lowest BCUT2D eigenvalue weighted by Crippen LogP contribution is -2.32. The van der Waals surface area contributed by atoms with Crippen molar-refractivity contribution in [3.05, 3.63) is 0 Å². The molecule has 0 N–H and O–H groups in total. The summed E-state index contributed by atoms with van der Waals surface area (Å²) in [6.07, 6.45) is 1.88. The summed E-state index contributed by atoms with van der Waals surface area (Å²) in [6, 6.07) is 0.781. The second-order valence-electron chi connectivity index (χ2n) is 2.69. The van der Waals surface area contributed by atoms with Gasteiger partial charge in [0.05, 0.1) is 12.7 Å². The van der Waals surface area contributed by atoms with Gasteiger partial charge in [-0.05, 0) is 13.5 Å². The molecule has 1 aliphatic heterocycles. The molecular formula is C6H11NO. The van der Waals surface area contributed by atoms with Gasteiger partial charge in [-0.15, -0.1) is 0 Å². The van der Waals surface area contributed by atoms with Crippen molar-refractivity contribution in [2.24, 2.45) is 0 Å². The lowest BCUT2D eigenvalue weighted by molar-refractivity contribution is 0.0424. The topological polar surface area (TPSA) is 12.5 Å². The highest BCUT2D eigenvalue weighted by atomic mass is 16.5. The summed E-state index contributed by atoms with van der Waals surface area (Å²) < 4.78 is 5.38. The van der Waals surface area contributed by atoms with Crippen LogP contribution in [-0.2, 0) is 4.74 Å². The third-order valence-corrected chi connectivity index (χ3v) is 2.04. The standard InChI is InChI=1S/C6H11NO/c1-7-2-3-8-6-4-5(6)7/h5-6H,2-4H2,1H3/t5-,6+/m1/s1. The first-order chi connectivity index (χ1) is 3.88. The molecular weight excluding hydrogens is 102 g/mol. The molecule has 2 atom stereocenters. The van der Waals surface area contributed by atoms with E-state index in [0.717, 1.165) is 19.2 Å². The van der Waals surface area contributed by atoms with E-state index in [2.05, 4.69) is 11.9 Å². The summed E-state index contributed by atoms with van der Waals surface area (Å²) in [5.41, 5.74) is 0. The molecule has 0 spiro atoms. The van der Waals surface area contributed by atoms with Crippen LogP contribution in [0.5, 0.6) is 0 Å². The van der Waals surface area contributed by atoms with E-state index in [0.29, 0.717) is 6.10 Å². The van der Waals surface area contributed by atoms with E-state index < -0.39 is 0 Å². The first-order valence-corrected chi connectivity index (χ1v) is 3.20. The number of hydrogen-bond donors (Lipinski definition) is 0. The average Bonchev–Trinajstić information content (AvgIpc) is 2.45. The number of fused-ring (bicyclic) bond motifs is 1. The molecule has 1 aliphatic carbocycles. The van der Waals surface area contributed by atoms with Crippen LogP contribution < -0.4 is 0 Å². The fraction of sp³-hybridized carbons (Fsp3) is 1.00. The molecule has 2 heteroatoms. The molecule has 2 nitrogen and oxygen atoms in total. The molecule has 0 aromatic heterocycles. The van der Waals surface area contributed by atoms with E-state index in [1.807, 2.05) is 0 Å². The minimum Gasteiger partial charge on any atom is -0.375 e. The van der Waals surface area contributed by atoms with E-state index in [-0.39, 0.29) is 0 Å². The minimum atomic E-state index is 0.605. The normalized spacial score (nSPS) is 46.1. The highest BCUT2D eigenvalue weighted by Crippen LogP contribution is 2.32. The largest absolute Gasteiger partial charge is 0.375 e. The van der Waals surface area contributed by atoms with Gasteiger partial charge in [-0.2, -0.15) is 0 Å². The SMILES string of the molecule is CN1CCO[C@H]2C[C@H]21. The molecule has 2 aliphatic rings. The highest BCUT2D eigenvalue weighted by Gasteiger charge is 2.43. The predicted octanol–water partition coefficient (Wildman–Crippen LogP) is 0.0893. The molecule has 0 amide bonds. The minimum absolute atomic E-state index is 0.605. The van der Waals surface area contributed by atoms with Crippen LogP contribution in [0.25, 0.3) is 0 Å². The molecule has 0 radical (unpaired) electrons. The number of nitrogens with zero attached hydrogens (tertiary/aromatic N) is 1. The summed E-state index contributed by atoms with van der Waals surface area (Å²) in [5.74, 6) is 0. The Balaban J connectivity index is 1.99. The number of ether oxygens (including phenoxy) is 1. The van der Waals surface area contributed by atoms with Crippen LogP contribution in [0.1, 0.15) is 6.42 Å². The molecule has 0 aromatic rings.